The van der Waals surface area contributed by atoms with Crippen LogP contribution in [0.15, 0.2) is 12.1 Å². The first-order valence-corrected chi connectivity index (χ1v) is 4.20. The molecule has 1 rings (SSSR count). The van der Waals surface area contributed by atoms with Crippen molar-refractivity contribution in [3.63, 3.8) is 0 Å². The Balaban J connectivity index is 2.28. The van der Waals surface area contributed by atoms with Crippen LogP contribution in [0, 0.1) is 5.38 Å². The summed E-state index contributed by atoms with van der Waals surface area (Å²) in [6, 6.07) is 4.11. The Labute approximate surface area is 66.3 Å². The molecule has 1 radical (unpaired) electrons. The number of likely N-dealkylation sites (N-methyl/N-ethyl adjacent to an activating group) is 1. The zero-order valence-corrected chi connectivity index (χ0v) is 7.24. The van der Waals surface area contributed by atoms with E-state index in [9.17, 15) is 0 Å². The zero-order chi connectivity index (χ0) is 7.40. The minimum absolute atomic E-state index is 1.13. The van der Waals surface area contributed by atoms with Crippen LogP contribution in [0.2, 0.25) is 0 Å². The second-order valence-electron chi connectivity index (χ2n) is 2.57. The van der Waals surface area contributed by atoms with Crippen molar-refractivity contribution in [1.29, 1.82) is 0 Å². The van der Waals surface area contributed by atoms with Crippen molar-refractivity contribution in [2.24, 2.45) is 0 Å². The molecule has 1 nitrogen and oxygen atoms in total. The Morgan fingerprint density at radius 2 is 2.40 bits per heavy atom. The molecular formula is C8H12NS. The van der Waals surface area contributed by atoms with Gasteiger partial charge in [0, 0.05) is 16.8 Å². The van der Waals surface area contributed by atoms with Crippen LogP contribution in [0.3, 0.4) is 0 Å². The van der Waals surface area contributed by atoms with Crippen molar-refractivity contribution in [3.05, 3.63) is 22.4 Å². The molecule has 0 aliphatic carbocycles. The molecule has 0 spiro atoms. The summed E-state index contributed by atoms with van der Waals surface area (Å²) in [5.74, 6) is 0. The first kappa shape index (κ1) is 7.76. The lowest BCUT2D eigenvalue weighted by molar-refractivity contribution is 0.415. The number of hydrogen-bond acceptors (Lipinski definition) is 2. The molecule has 0 amide bonds. The molecule has 0 aliphatic rings. The summed E-state index contributed by atoms with van der Waals surface area (Å²) in [6.07, 6.45) is 1.15. The molecule has 1 aromatic heterocycles. The fourth-order valence-corrected chi connectivity index (χ4v) is 1.36. The van der Waals surface area contributed by atoms with Gasteiger partial charge in [0.2, 0.25) is 0 Å². The molecule has 2 heteroatoms. The Morgan fingerprint density at radius 1 is 1.60 bits per heavy atom. The number of nitrogens with zero attached hydrogens (tertiary/aromatic N) is 1. The summed E-state index contributed by atoms with van der Waals surface area (Å²) in [5.41, 5.74) is 0. The molecule has 0 aliphatic heterocycles. The van der Waals surface area contributed by atoms with Crippen LogP contribution >= 0.6 is 11.3 Å². The quantitative estimate of drug-likeness (QED) is 0.640. The highest BCUT2D eigenvalue weighted by molar-refractivity contribution is 7.09. The van der Waals surface area contributed by atoms with E-state index in [2.05, 4.69) is 30.4 Å². The van der Waals surface area contributed by atoms with Crippen molar-refractivity contribution in [3.8, 4) is 0 Å². The summed E-state index contributed by atoms with van der Waals surface area (Å²) in [4.78, 5) is 3.62. The lowest BCUT2D eigenvalue weighted by Gasteiger charge is -2.06. The van der Waals surface area contributed by atoms with Crippen LogP contribution in [0.25, 0.3) is 0 Å². The van der Waals surface area contributed by atoms with E-state index >= 15 is 0 Å². The van der Waals surface area contributed by atoms with Gasteiger partial charge < -0.3 is 4.90 Å². The lowest BCUT2D eigenvalue weighted by atomic mass is 10.3. The minimum Gasteiger partial charge on any atom is -0.309 e. The molecule has 0 saturated carbocycles. The Bertz CT molecular complexity index is 167. The van der Waals surface area contributed by atoms with Gasteiger partial charge in [0.1, 0.15) is 0 Å². The smallest absolute Gasteiger partial charge is 0.0445 e. The number of rotatable bonds is 3. The van der Waals surface area contributed by atoms with E-state index in [1.54, 1.807) is 11.3 Å². The van der Waals surface area contributed by atoms with Crippen LogP contribution < -0.4 is 0 Å². The lowest BCUT2D eigenvalue weighted by Crippen LogP contribution is -2.14. The van der Waals surface area contributed by atoms with E-state index in [1.165, 1.54) is 4.88 Å². The van der Waals surface area contributed by atoms with Crippen LogP contribution in [-0.2, 0) is 6.42 Å². The summed E-state index contributed by atoms with van der Waals surface area (Å²) in [6.45, 7) is 1.13. The van der Waals surface area contributed by atoms with Crippen LogP contribution in [0.5, 0.6) is 0 Å². The number of hydrogen-bond donors (Lipinski definition) is 0. The van der Waals surface area contributed by atoms with Crippen molar-refractivity contribution >= 4 is 11.3 Å². The highest BCUT2D eigenvalue weighted by atomic mass is 32.1. The Hall–Kier alpha value is -0.340. The molecule has 0 atom stereocenters. The van der Waals surface area contributed by atoms with Crippen molar-refractivity contribution < 1.29 is 0 Å². The highest BCUT2D eigenvalue weighted by Crippen LogP contribution is 2.07. The normalized spacial score (nSPS) is 10.7. The third-order valence-corrected chi connectivity index (χ3v) is 2.19. The Morgan fingerprint density at radius 3 is 2.90 bits per heavy atom. The van der Waals surface area contributed by atoms with Gasteiger partial charge in [-0.05, 0) is 32.6 Å². The van der Waals surface area contributed by atoms with E-state index < -0.39 is 0 Å². The maximum absolute atomic E-state index is 3.08. The molecule has 0 aromatic carbocycles. The molecular weight excluding hydrogens is 142 g/mol. The molecule has 55 valence electrons. The van der Waals surface area contributed by atoms with Gasteiger partial charge >= 0.3 is 0 Å². The molecule has 1 aromatic rings. The summed E-state index contributed by atoms with van der Waals surface area (Å²) >= 11 is 1.71. The standard InChI is InChI=1S/C8H12NS/c1-9(2)6-5-8-4-3-7-10-8/h3-4H,5-6H2,1-2H3. The average molecular weight is 154 g/mol. The van der Waals surface area contributed by atoms with Gasteiger partial charge in [-0.1, -0.05) is 0 Å². The summed E-state index contributed by atoms with van der Waals surface area (Å²) < 4.78 is 0. The van der Waals surface area contributed by atoms with E-state index in [4.69, 9.17) is 0 Å². The fourth-order valence-electron chi connectivity index (χ4n) is 0.739. The summed E-state index contributed by atoms with van der Waals surface area (Å²) in [7, 11) is 4.19. The zero-order valence-electron chi connectivity index (χ0n) is 6.42. The molecule has 10 heavy (non-hydrogen) atoms. The Kier molecular flexibility index (Phi) is 2.90. The first-order chi connectivity index (χ1) is 4.79. The van der Waals surface area contributed by atoms with Crippen molar-refractivity contribution in [2.75, 3.05) is 20.6 Å². The van der Waals surface area contributed by atoms with Gasteiger partial charge in [0.15, 0.2) is 0 Å². The van der Waals surface area contributed by atoms with Gasteiger partial charge in [-0.25, -0.2) is 0 Å². The van der Waals surface area contributed by atoms with Gasteiger partial charge in [-0.15, -0.1) is 11.3 Å². The molecule has 0 fully saturated rings. The molecule has 0 N–H and O–H groups in total. The van der Waals surface area contributed by atoms with Crippen molar-refractivity contribution in [2.45, 2.75) is 6.42 Å². The molecule has 0 unspecified atom stereocenters. The van der Waals surface area contributed by atoms with Crippen LogP contribution in [0.4, 0.5) is 0 Å². The van der Waals surface area contributed by atoms with E-state index in [1.807, 2.05) is 6.07 Å². The van der Waals surface area contributed by atoms with E-state index in [0.29, 0.717) is 0 Å². The molecule has 0 saturated heterocycles. The van der Waals surface area contributed by atoms with Crippen LogP contribution in [0.1, 0.15) is 4.88 Å². The van der Waals surface area contributed by atoms with Gasteiger partial charge in [-0.2, -0.15) is 0 Å². The topological polar surface area (TPSA) is 3.24 Å². The summed E-state index contributed by atoms with van der Waals surface area (Å²) in [5, 5.41) is 3.08. The SMILES string of the molecule is CN(C)CCc1cc[c]s1. The second kappa shape index (κ2) is 3.74. The fraction of sp³-hybridized carbons (Fsp3) is 0.500. The van der Waals surface area contributed by atoms with Crippen LogP contribution in [-0.4, -0.2) is 25.5 Å². The maximum atomic E-state index is 3.08. The molecule has 0 bridgehead atoms. The van der Waals surface area contributed by atoms with E-state index in [-0.39, 0.29) is 0 Å². The van der Waals surface area contributed by atoms with Gasteiger partial charge in [0.05, 0.1) is 0 Å². The average Bonchev–Trinajstić information content (AvgIpc) is 2.34. The second-order valence-corrected chi connectivity index (χ2v) is 3.54. The maximum Gasteiger partial charge on any atom is 0.0445 e. The number of thiophene rings is 1. The minimum atomic E-state index is 1.13. The first-order valence-electron chi connectivity index (χ1n) is 3.38. The molecule has 1 heterocycles. The third-order valence-electron chi connectivity index (χ3n) is 1.33. The van der Waals surface area contributed by atoms with Crippen molar-refractivity contribution in [1.82, 2.24) is 4.90 Å². The predicted octanol–water partition coefficient (Wildman–Crippen LogP) is 1.65. The van der Waals surface area contributed by atoms with Gasteiger partial charge in [-0.3, -0.25) is 0 Å². The largest absolute Gasteiger partial charge is 0.309 e. The van der Waals surface area contributed by atoms with Gasteiger partial charge in [0.25, 0.3) is 0 Å². The highest BCUT2D eigenvalue weighted by Gasteiger charge is 1.93. The predicted molar refractivity (Wildman–Crippen MR) is 45.4 cm³/mol. The third kappa shape index (κ3) is 2.50. The van der Waals surface area contributed by atoms with E-state index in [0.717, 1.165) is 13.0 Å². The monoisotopic (exact) mass is 154 g/mol.